The number of carbonyl (C=O) groups is 2. The van der Waals surface area contributed by atoms with Gasteiger partial charge in [0.25, 0.3) is 5.91 Å². The molecule has 2 aliphatic rings. The summed E-state index contributed by atoms with van der Waals surface area (Å²) in [6.45, 7) is 2.04. The predicted octanol–water partition coefficient (Wildman–Crippen LogP) is 4.88. The molecule has 5 rings (SSSR count). The van der Waals surface area contributed by atoms with Crippen molar-refractivity contribution in [2.24, 2.45) is 11.3 Å². The van der Waals surface area contributed by atoms with Crippen LogP contribution in [0.4, 0.5) is 4.39 Å². The third kappa shape index (κ3) is 5.26. The van der Waals surface area contributed by atoms with Crippen LogP contribution in [0.5, 0.6) is 0 Å². The number of piperidine rings is 1. The van der Waals surface area contributed by atoms with Crippen LogP contribution in [0.15, 0.2) is 73.1 Å². The number of benzene rings is 2. The van der Waals surface area contributed by atoms with Crippen LogP contribution in [0.1, 0.15) is 41.6 Å². The molecule has 2 amide bonds. The van der Waals surface area contributed by atoms with Crippen molar-refractivity contribution in [3.05, 3.63) is 90.0 Å². The smallest absolute Gasteiger partial charge is 0.253 e. The highest BCUT2D eigenvalue weighted by Gasteiger charge is 2.58. The molecule has 0 bridgehead atoms. The first kappa shape index (κ1) is 23.2. The van der Waals surface area contributed by atoms with Gasteiger partial charge in [0.1, 0.15) is 5.82 Å². The average molecular weight is 472 g/mol. The Balaban J connectivity index is 1.08. The number of hydrogen-bond donors (Lipinski definition) is 1. The third-order valence-corrected chi connectivity index (χ3v) is 7.53. The molecule has 1 aliphatic carbocycles. The van der Waals surface area contributed by atoms with Crippen molar-refractivity contribution in [3.63, 3.8) is 0 Å². The van der Waals surface area contributed by atoms with E-state index in [4.69, 9.17) is 0 Å². The maximum Gasteiger partial charge on any atom is 0.253 e. The Morgan fingerprint density at radius 2 is 1.74 bits per heavy atom. The molecular weight excluding hydrogens is 441 g/mol. The largest absolute Gasteiger partial charge is 0.356 e. The summed E-state index contributed by atoms with van der Waals surface area (Å²) in [5.74, 6) is -0.0241. The minimum Gasteiger partial charge on any atom is -0.356 e. The standard InChI is InChI=1S/C29H30FN3O2/c30-25-5-1-4-24(19-25)22-6-8-23(9-7-22)28(35)33-17-12-29(13-18-33)20-26(29)27(34)32-14-2-3-21-10-15-31-16-11-21/h1,4-11,15-16,19,26H,2-3,12-14,17-18,20H2,(H,32,34)/t26-/m1/s1. The van der Waals surface area contributed by atoms with Crippen molar-refractivity contribution in [2.45, 2.75) is 32.1 Å². The van der Waals surface area contributed by atoms with Gasteiger partial charge in [0.05, 0.1) is 0 Å². The number of likely N-dealkylation sites (tertiary alicyclic amines) is 1. The zero-order chi connectivity index (χ0) is 24.3. The van der Waals surface area contributed by atoms with Crippen LogP contribution in [0, 0.1) is 17.2 Å². The summed E-state index contributed by atoms with van der Waals surface area (Å²) in [7, 11) is 0. The Labute approximate surface area is 205 Å². The molecule has 6 heteroatoms. The van der Waals surface area contributed by atoms with E-state index in [9.17, 15) is 14.0 Å². The van der Waals surface area contributed by atoms with Gasteiger partial charge in [-0.25, -0.2) is 4.39 Å². The highest BCUT2D eigenvalue weighted by molar-refractivity contribution is 5.95. The molecule has 1 saturated carbocycles. The molecule has 1 N–H and O–H groups in total. The molecule has 1 spiro atoms. The average Bonchev–Trinajstić information content (AvgIpc) is 3.60. The summed E-state index contributed by atoms with van der Waals surface area (Å²) in [6, 6.07) is 17.8. The molecule has 2 aromatic carbocycles. The van der Waals surface area contributed by atoms with Crippen molar-refractivity contribution in [1.29, 1.82) is 0 Å². The van der Waals surface area contributed by atoms with Crippen molar-refractivity contribution in [1.82, 2.24) is 15.2 Å². The summed E-state index contributed by atoms with van der Waals surface area (Å²) < 4.78 is 13.5. The molecule has 1 atom stereocenters. The molecule has 2 fully saturated rings. The van der Waals surface area contributed by atoms with E-state index in [1.807, 2.05) is 47.4 Å². The molecule has 35 heavy (non-hydrogen) atoms. The second-order valence-corrected chi connectivity index (χ2v) is 9.75. The Hall–Kier alpha value is -3.54. The summed E-state index contributed by atoms with van der Waals surface area (Å²) in [4.78, 5) is 31.6. The molecule has 5 nitrogen and oxygen atoms in total. The fourth-order valence-electron chi connectivity index (χ4n) is 5.26. The SMILES string of the molecule is O=C(NCCCc1ccncc1)[C@H]1CC12CCN(C(=O)c1ccc(-c3cccc(F)c3)cc1)CC2. The number of halogens is 1. The molecule has 180 valence electrons. The van der Waals surface area contributed by atoms with Gasteiger partial charge in [-0.2, -0.15) is 0 Å². The van der Waals surface area contributed by atoms with Crippen molar-refractivity contribution in [2.75, 3.05) is 19.6 Å². The fourth-order valence-corrected chi connectivity index (χ4v) is 5.26. The number of pyridine rings is 1. The van der Waals surface area contributed by atoms with Gasteiger partial charge in [-0.05, 0) is 90.6 Å². The second-order valence-electron chi connectivity index (χ2n) is 9.75. The summed E-state index contributed by atoms with van der Waals surface area (Å²) in [5.41, 5.74) is 3.61. The van der Waals surface area contributed by atoms with E-state index in [1.165, 1.54) is 17.7 Å². The number of nitrogens with zero attached hydrogens (tertiary/aromatic N) is 2. The van der Waals surface area contributed by atoms with E-state index in [1.54, 1.807) is 18.5 Å². The van der Waals surface area contributed by atoms with Gasteiger partial charge >= 0.3 is 0 Å². The van der Waals surface area contributed by atoms with Crippen LogP contribution in [0.25, 0.3) is 11.1 Å². The molecule has 1 saturated heterocycles. The molecule has 1 aromatic heterocycles. The van der Waals surface area contributed by atoms with Crippen LogP contribution >= 0.6 is 0 Å². The summed E-state index contributed by atoms with van der Waals surface area (Å²) >= 11 is 0. The zero-order valence-electron chi connectivity index (χ0n) is 19.8. The van der Waals surface area contributed by atoms with Crippen LogP contribution in [0.3, 0.4) is 0 Å². The molecule has 3 aromatic rings. The lowest BCUT2D eigenvalue weighted by atomic mass is 9.90. The van der Waals surface area contributed by atoms with E-state index >= 15 is 0 Å². The van der Waals surface area contributed by atoms with Gasteiger partial charge in [-0.1, -0.05) is 24.3 Å². The topological polar surface area (TPSA) is 62.3 Å². The molecule has 2 heterocycles. The fraction of sp³-hybridized carbons (Fsp3) is 0.345. The Bertz CT molecular complexity index is 1190. The quantitative estimate of drug-likeness (QED) is 0.500. The van der Waals surface area contributed by atoms with Crippen molar-refractivity contribution >= 4 is 11.8 Å². The first-order chi connectivity index (χ1) is 17.0. The minimum absolute atomic E-state index is 0.0170. The third-order valence-electron chi connectivity index (χ3n) is 7.53. The van der Waals surface area contributed by atoms with E-state index in [-0.39, 0.29) is 29.0 Å². The number of amides is 2. The van der Waals surface area contributed by atoms with Crippen LogP contribution < -0.4 is 5.32 Å². The Morgan fingerprint density at radius 1 is 1.00 bits per heavy atom. The number of hydrogen-bond acceptors (Lipinski definition) is 3. The van der Waals surface area contributed by atoms with Crippen LogP contribution in [-0.4, -0.2) is 41.3 Å². The van der Waals surface area contributed by atoms with Gasteiger partial charge in [0.2, 0.25) is 5.91 Å². The monoisotopic (exact) mass is 471 g/mol. The molecule has 0 radical (unpaired) electrons. The second kappa shape index (κ2) is 9.98. The van der Waals surface area contributed by atoms with Gasteiger partial charge < -0.3 is 10.2 Å². The van der Waals surface area contributed by atoms with Gasteiger partial charge in [-0.3, -0.25) is 14.6 Å². The van der Waals surface area contributed by atoms with E-state index in [0.717, 1.165) is 43.2 Å². The number of carbonyl (C=O) groups excluding carboxylic acids is 2. The maximum absolute atomic E-state index is 13.5. The van der Waals surface area contributed by atoms with E-state index < -0.39 is 0 Å². The summed E-state index contributed by atoms with van der Waals surface area (Å²) in [6.07, 6.45) is 8.09. The lowest BCUT2D eigenvalue weighted by Gasteiger charge is -2.33. The minimum atomic E-state index is -0.276. The number of aryl methyl sites for hydroxylation is 1. The number of rotatable bonds is 7. The molecular formula is C29H30FN3O2. The lowest BCUT2D eigenvalue weighted by Crippen LogP contribution is -2.40. The van der Waals surface area contributed by atoms with Crippen LogP contribution in [-0.2, 0) is 11.2 Å². The number of nitrogens with one attached hydrogen (secondary N) is 1. The Kier molecular flexibility index (Phi) is 6.62. The Morgan fingerprint density at radius 3 is 2.46 bits per heavy atom. The first-order valence-corrected chi connectivity index (χ1v) is 12.4. The van der Waals surface area contributed by atoms with E-state index in [0.29, 0.717) is 25.2 Å². The number of aromatic nitrogens is 1. The predicted molar refractivity (Wildman–Crippen MR) is 133 cm³/mol. The first-order valence-electron chi connectivity index (χ1n) is 12.4. The highest BCUT2D eigenvalue weighted by atomic mass is 19.1. The van der Waals surface area contributed by atoms with Crippen LogP contribution in [0.2, 0.25) is 0 Å². The maximum atomic E-state index is 13.5. The normalized spacial score (nSPS) is 18.3. The highest BCUT2D eigenvalue weighted by Crippen LogP contribution is 2.59. The molecule has 0 unspecified atom stereocenters. The van der Waals surface area contributed by atoms with Crippen molar-refractivity contribution in [3.8, 4) is 11.1 Å². The van der Waals surface area contributed by atoms with Gasteiger partial charge in [-0.15, -0.1) is 0 Å². The van der Waals surface area contributed by atoms with Gasteiger partial charge in [0.15, 0.2) is 0 Å². The lowest BCUT2D eigenvalue weighted by molar-refractivity contribution is -0.123. The van der Waals surface area contributed by atoms with Gasteiger partial charge in [0, 0.05) is 43.5 Å². The zero-order valence-corrected chi connectivity index (χ0v) is 19.8. The summed E-state index contributed by atoms with van der Waals surface area (Å²) in [5, 5.41) is 3.11. The van der Waals surface area contributed by atoms with Crippen molar-refractivity contribution < 1.29 is 14.0 Å². The molecule has 1 aliphatic heterocycles. The van der Waals surface area contributed by atoms with E-state index in [2.05, 4.69) is 10.3 Å².